The smallest absolute Gasteiger partial charge is 0.336 e. The molecule has 4 nitrogen and oxygen atoms in total. The lowest BCUT2D eigenvalue weighted by molar-refractivity contribution is 0.0692. The highest BCUT2D eigenvalue weighted by Gasteiger charge is 2.20. The summed E-state index contributed by atoms with van der Waals surface area (Å²) in [6, 6.07) is 8.75. The number of carbonyl (C=O) groups excluding carboxylic acids is 1. The van der Waals surface area contributed by atoms with Crippen molar-refractivity contribution in [3.05, 3.63) is 77.4 Å². The van der Waals surface area contributed by atoms with Gasteiger partial charge in [0.15, 0.2) is 5.78 Å². The van der Waals surface area contributed by atoms with Gasteiger partial charge in [-0.15, -0.1) is 0 Å². The van der Waals surface area contributed by atoms with Crippen molar-refractivity contribution in [2.75, 3.05) is 0 Å². The SMILES string of the molecule is C=Cc1cc(O)c(C(=O)c2ccccc2C(=O)O)cc1C=C. The van der Waals surface area contributed by atoms with E-state index in [9.17, 15) is 14.7 Å². The highest BCUT2D eigenvalue weighted by Crippen LogP contribution is 2.27. The minimum absolute atomic E-state index is 0.0201. The van der Waals surface area contributed by atoms with Crippen molar-refractivity contribution < 1.29 is 19.8 Å². The van der Waals surface area contributed by atoms with Gasteiger partial charge in [-0.25, -0.2) is 4.79 Å². The van der Waals surface area contributed by atoms with E-state index in [-0.39, 0.29) is 22.4 Å². The van der Waals surface area contributed by atoms with Crippen LogP contribution in [0.1, 0.15) is 37.4 Å². The normalized spacial score (nSPS) is 10.0. The van der Waals surface area contributed by atoms with E-state index in [1.807, 2.05) is 0 Å². The van der Waals surface area contributed by atoms with Gasteiger partial charge in [-0.1, -0.05) is 43.5 Å². The molecule has 0 aliphatic heterocycles. The summed E-state index contributed by atoms with van der Waals surface area (Å²) in [6.45, 7) is 7.28. The number of carboxylic acids is 1. The Morgan fingerprint density at radius 2 is 1.45 bits per heavy atom. The van der Waals surface area contributed by atoms with E-state index in [2.05, 4.69) is 13.2 Å². The zero-order valence-electron chi connectivity index (χ0n) is 11.7. The van der Waals surface area contributed by atoms with E-state index >= 15 is 0 Å². The second kappa shape index (κ2) is 6.10. The first-order chi connectivity index (χ1) is 10.5. The van der Waals surface area contributed by atoms with Crippen LogP contribution < -0.4 is 0 Å². The summed E-state index contributed by atoms with van der Waals surface area (Å²) < 4.78 is 0. The number of carboxylic acid groups (broad SMARTS) is 1. The van der Waals surface area contributed by atoms with Crippen LogP contribution in [-0.4, -0.2) is 22.0 Å². The van der Waals surface area contributed by atoms with Crippen LogP contribution >= 0.6 is 0 Å². The Bertz CT molecular complexity index is 788. The van der Waals surface area contributed by atoms with Crippen molar-refractivity contribution in [3.8, 4) is 5.75 Å². The number of rotatable bonds is 5. The average Bonchev–Trinajstić information content (AvgIpc) is 2.53. The zero-order valence-corrected chi connectivity index (χ0v) is 11.7. The summed E-state index contributed by atoms with van der Waals surface area (Å²) in [5, 5.41) is 19.2. The number of carbonyl (C=O) groups is 2. The summed E-state index contributed by atoms with van der Waals surface area (Å²) in [4.78, 5) is 23.8. The number of hydrogen-bond acceptors (Lipinski definition) is 3. The Morgan fingerprint density at radius 3 is 2.00 bits per heavy atom. The first-order valence-corrected chi connectivity index (χ1v) is 6.48. The number of ketones is 1. The van der Waals surface area contributed by atoms with E-state index in [1.54, 1.807) is 6.07 Å². The van der Waals surface area contributed by atoms with Crippen molar-refractivity contribution in [1.29, 1.82) is 0 Å². The van der Waals surface area contributed by atoms with E-state index in [0.29, 0.717) is 11.1 Å². The van der Waals surface area contributed by atoms with E-state index < -0.39 is 11.8 Å². The topological polar surface area (TPSA) is 74.6 Å². The van der Waals surface area contributed by atoms with Gasteiger partial charge in [0.1, 0.15) is 5.75 Å². The fraction of sp³-hybridized carbons (Fsp3) is 0. The Labute approximate surface area is 127 Å². The monoisotopic (exact) mass is 294 g/mol. The number of phenols is 1. The molecule has 2 aromatic carbocycles. The number of aromatic hydroxyl groups is 1. The van der Waals surface area contributed by atoms with Crippen LogP contribution in [0.15, 0.2) is 49.6 Å². The second-order valence-corrected chi connectivity index (χ2v) is 4.59. The van der Waals surface area contributed by atoms with Gasteiger partial charge in [0, 0.05) is 5.56 Å². The first kappa shape index (κ1) is 15.3. The molecular formula is C18H14O4. The zero-order chi connectivity index (χ0) is 16.3. The number of hydrogen-bond donors (Lipinski definition) is 2. The highest BCUT2D eigenvalue weighted by molar-refractivity contribution is 6.15. The molecule has 2 aromatic rings. The average molecular weight is 294 g/mol. The minimum Gasteiger partial charge on any atom is -0.507 e. The fourth-order valence-corrected chi connectivity index (χ4v) is 2.17. The molecule has 0 saturated heterocycles. The summed E-state index contributed by atoms with van der Waals surface area (Å²) in [5.74, 6) is -1.99. The third-order valence-electron chi connectivity index (χ3n) is 3.29. The number of phenolic OH excluding ortho intramolecular Hbond substituents is 1. The van der Waals surface area contributed by atoms with Crippen molar-refractivity contribution >= 4 is 23.9 Å². The van der Waals surface area contributed by atoms with Gasteiger partial charge in [0.25, 0.3) is 0 Å². The predicted molar refractivity (Wildman–Crippen MR) is 85.1 cm³/mol. The van der Waals surface area contributed by atoms with Crippen molar-refractivity contribution in [1.82, 2.24) is 0 Å². The van der Waals surface area contributed by atoms with Gasteiger partial charge >= 0.3 is 5.97 Å². The summed E-state index contributed by atoms with van der Waals surface area (Å²) in [7, 11) is 0. The van der Waals surface area contributed by atoms with Crippen LogP contribution in [0.2, 0.25) is 0 Å². The molecule has 0 unspecified atom stereocenters. The molecule has 0 aliphatic rings. The molecule has 0 atom stereocenters. The van der Waals surface area contributed by atoms with Gasteiger partial charge in [-0.2, -0.15) is 0 Å². The highest BCUT2D eigenvalue weighted by atomic mass is 16.4. The van der Waals surface area contributed by atoms with Crippen molar-refractivity contribution in [3.63, 3.8) is 0 Å². The van der Waals surface area contributed by atoms with Gasteiger partial charge in [-0.3, -0.25) is 4.79 Å². The fourth-order valence-electron chi connectivity index (χ4n) is 2.17. The number of aromatic carboxylic acids is 1. The molecule has 0 amide bonds. The van der Waals surface area contributed by atoms with Gasteiger partial charge in [0.2, 0.25) is 0 Å². The maximum Gasteiger partial charge on any atom is 0.336 e. The van der Waals surface area contributed by atoms with Crippen LogP contribution in [0.5, 0.6) is 5.75 Å². The van der Waals surface area contributed by atoms with E-state index in [4.69, 9.17) is 5.11 Å². The molecule has 0 aliphatic carbocycles. The molecule has 0 fully saturated rings. The van der Waals surface area contributed by atoms with Crippen LogP contribution in [0.4, 0.5) is 0 Å². The molecular weight excluding hydrogens is 280 g/mol. The lowest BCUT2D eigenvalue weighted by Crippen LogP contribution is -2.10. The molecule has 0 radical (unpaired) electrons. The van der Waals surface area contributed by atoms with E-state index in [1.165, 1.54) is 42.5 Å². The molecule has 110 valence electrons. The van der Waals surface area contributed by atoms with Crippen LogP contribution in [0.3, 0.4) is 0 Å². The van der Waals surface area contributed by atoms with Gasteiger partial charge in [-0.05, 0) is 29.3 Å². The molecule has 0 heterocycles. The van der Waals surface area contributed by atoms with Gasteiger partial charge in [0.05, 0.1) is 11.1 Å². The van der Waals surface area contributed by atoms with E-state index in [0.717, 1.165) is 0 Å². The molecule has 2 rings (SSSR count). The second-order valence-electron chi connectivity index (χ2n) is 4.59. The first-order valence-electron chi connectivity index (χ1n) is 6.48. The largest absolute Gasteiger partial charge is 0.507 e. The molecule has 2 N–H and O–H groups in total. The molecule has 0 aromatic heterocycles. The van der Waals surface area contributed by atoms with Crippen molar-refractivity contribution in [2.45, 2.75) is 0 Å². The Morgan fingerprint density at radius 1 is 0.909 bits per heavy atom. The lowest BCUT2D eigenvalue weighted by atomic mass is 9.94. The number of benzene rings is 2. The van der Waals surface area contributed by atoms with Crippen LogP contribution in [-0.2, 0) is 0 Å². The molecule has 22 heavy (non-hydrogen) atoms. The predicted octanol–water partition coefficient (Wildman–Crippen LogP) is 3.61. The minimum atomic E-state index is -1.20. The molecule has 4 heteroatoms. The van der Waals surface area contributed by atoms with Gasteiger partial charge < -0.3 is 10.2 Å². The Balaban J connectivity index is 2.62. The van der Waals surface area contributed by atoms with Crippen LogP contribution in [0, 0.1) is 0 Å². The Hall–Kier alpha value is -3.14. The summed E-state index contributed by atoms with van der Waals surface area (Å²) >= 11 is 0. The lowest BCUT2D eigenvalue weighted by Gasteiger charge is -2.10. The molecule has 0 bridgehead atoms. The van der Waals surface area contributed by atoms with Crippen LogP contribution in [0.25, 0.3) is 12.2 Å². The molecule has 0 saturated carbocycles. The summed E-state index contributed by atoms with van der Waals surface area (Å²) in [5.41, 5.74) is 1.19. The third kappa shape index (κ3) is 2.67. The third-order valence-corrected chi connectivity index (χ3v) is 3.29. The Kier molecular flexibility index (Phi) is 4.23. The molecule has 0 spiro atoms. The summed E-state index contributed by atoms with van der Waals surface area (Å²) in [6.07, 6.45) is 3.08. The van der Waals surface area contributed by atoms with Crippen molar-refractivity contribution in [2.24, 2.45) is 0 Å². The maximum atomic E-state index is 12.6. The standard InChI is InChI=1S/C18H14O4/c1-3-11-9-15(16(19)10-12(11)4-2)17(20)13-7-5-6-8-14(13)18(21)22/h3-10,19H,1-2H2,(H,21,22). The maximum absolute atomic E-state index is 12.6. The quantitative estimate of drug-likeness (QED) is 0.826.